The van der Waals surface area contributed by atoms with Crippen LogP contribution >= 0.6 is 0 Å². The lowest BCUT2D eigenvalue weighted by Gasteiger charge is -2.42. The zero-order chi connectivity index (χ0) is 13.3. The molecule has 0 saturated carbocycles. The second kappa shape index (κ2) is 5.24. The van der Waals surface area contributed by atoms with Crippen LogP contribution in [0.1, 0.15) is 19.4 Å². The number of anilines is 1. The SMILES string of the molecule is CC1CN(Cc2c(N)cccc2F)CC(C)N1C. The Morgan fingerprint density at radius 1 is 1.28 bits per heavy atom. The van der Waals surface area contributed by atoms with Crippen molar-refractivity contribution in [2.45, 2.75) is 32.5 Å². The lowest BCUT2D eigenvalue weighted by atomic mass is 10.1. The van der Waals surface area contributed by atoms with Crippen LogP contribution in [0.25, 0.3) is 0 Å². The van der Waals surface area contributed by atoms with Gasteiger partial charge in [0.25, 0.3) is 0 Å². The van der Waals surface area contributed by atoms with Crippen molar-refractivity contribution in [1.29, 1.82) is 0 Å². The molecular weight excluding hydrogens is 229 g/mol. The molecule has 1 aliphatic heterocycles. The van der Waals surface area contributed by atoms with Crippen LogP contribution in [-0.4, -0.2) is 42.0 Å². The van der Waals surface area contributed by atoms with E-state index in [1.807, 2.05) is 0 Å². The molecule has 0 aliphatic carbocycles. The molecular formula is C14H22FN3. The van der Waals surface area contributed by atoms with E-state index in [4.69, 9.17) is 5.73 Å². The summed E-state index contributed by atoms with van der Waals surface area (Å²) in [5.74, 6) is -0.200. The second-order valence-corrected chi connectivity index (χ2v) is 5.37. The number of nitrogen functional groups attached to an aromatic ring is 1. The van der Waals surface area contributed by atoms with Crippen molar-refractivity contribution >= 4 is 5.69 Å². The quantitative estimate of drug-likeness (QED) is 0.815. The van der Waals surface area contributed by atoms with Gasteiger partial charge >= 0.3 is 0 Å². The first-order valence-electron chi connectivity index (χ1n) is 6.46. The largest absolute Gasteiger partial charge is 0.398 e. The third-order valence-electron chi connectivity index (χ3n) is 3.97. The van der Waals surface area contributed by atoms with Crippen molar-refractivity contribution in [3.63, 3.8) is 0 Å². The van der Waals surface area contributed by atoms with Gasteiger partial charge in [-0.1, -0.05) is 6.07 Å². The average Bonchev–Trinajstić information content (AvgIpc) is 2.31. The summed E-state index contributed by atoms with van der Waals surface area (Å²) in [6.07, 6.45) is 0. The lowest BCUT2D eigenvalue weighted by molar-refractivity contribution is 0.0551. The summed E-state index contributed by atoms with van der Waals surface area (Å²) in [6, 6.07) is 5.88. The predicted molar refractivity (Wildman–Crippen MR) is 72.8 cm³/mol. The molecule has 2 atom stereocenters. The summed E-state index contributed by atoms with van der Waals surface area (Å²) in [5.41, 5.74) is 7.03. The van der Waals surface area contributed by atoms with E-state index >= 15 is 0 Å². The number of likely N-dealkylation sites (N-methyl/N-ethyl adjacent to an activating group) is 1. The molecule has 2 rings (SSSR count). The fraction of sp³-hybridized carbons (Fsp3) is 0.571. The van der Waals surface area contributed by atoms with Gasteiger partial charge in [-0.25, -0.2) is 4.39 Å². The van der Waals surface area contributed by atoms with Crippen molar-refractivity contribution in [1.82, 2.24) is 9.80 Å². The monoisotopic (exact) mass is 251 g/mol. The third-order valence-corrected chi connectivity index (χ3v) is 3.97. The highest BCUT2D eigenvalue weighted by atomic mass is 19.1. The Morgan fingerprint density at radius 2 is 1.89 bits per heavy atom. The highest BCUT2D eigenvalue weighted by Gasteiger charge is 2.27. The lowest BCUT2D eigenvalue weighted by Crippen LogP contribution is -2.54. The minimum Gasteiger partial charge on any atom is -0.398 e. The first-order valence-corrected chi connectivity index (χ1v) is 6.46. The van der Waals surface area contributed by atoms with Crippen LogP contribution in [0.15, 0.2) is 18.2 Å². The molecule has 0 bridgehead atoms. The normalized spacial score (nSPS) is 26.4. The van der Waals surface area contributed by atoms with Crippen molar-refractivity contribution < 1.29 is 4.39 Å². The Bertz CT molecular complexity index is 389. The van der Waals surface area contributed by atoms with Gasteiger partial charge in [-0.05, 0) is 33.0 Å². The van der Waals surface area contributed by atoms with Crippen molar-refractivity contribution in [3.8, 4) is 0 Å². The number of nitrogens with two attached hydrogens (primary N) is 1. The molecule has 3 nitrogen and oxygen atoms in total. The molecule has 0 spiro atoms. The van der Waals surface area contributed by atoms with Crippen molar-refractivity contribution in [2.24, 2.45) is 0 Å². The zero-order valence-corrected chi connectivity index (χ0v) is 11.4. The van der Waals surface area contributed by atoms with Gasteiger partial charge in [0.2, 0.25) is 0 Å². The number of rotatable bonds is 2. The van der Waals surface area contributed by atoms with Crippen LogP contribution in [0, 0.1) is 5.82 Å². The molecule has 1 aliphatic rings. The van der Waals surface area contributed by atoms with Crippen LogP contribution in [0.4, 0.5) is 10.1 Å². The summed E-state index contributed by atoms with van der Waals surface area (Å²) < 4.78 is 13.8. The zero-order valence-electron chi connectivity index (χ0n) is 11.4. The number of halogens is 1. The molecule has 1 saturated heterocycles. The summed E-state index contributed by atoms with van der Waals surface area (Å²) >= 11 is 0. The van der Waals surface area contributed by atoms with Crippen LogP contribution in [-0.2, 0) is 6.54 Å². The van der Waals surface area contributed by atoms with Gasteiger partial charge in [0.1, 0.15) is 5.82 Å². The van der Waals surface area contributed by atoms with Gasteiger partial charge < -0.3 is 5.73 Å². The second-order valence-electron chi connectivity index (χ2n) is 5.37. The molecule has 2 unspecified atom stereocenters. The molecule has 1 fully saturated rings. The van der Waals surface area contributed by atoms with E-state index in [0.29, 0.717) is 29.9 Å². The van der Waals surface area contributed by atoms with Gasteiger partial charge in [-0.3, -0.25) is 9.80 Å². The van der Waals surface area contributed by atoms with Gasteiger partial charge in [0.05, 0.1) is 0 Å². The number of hydrogen-bond acceptors (Lipinski definition) is 3. The van der Waals surface area contributed by atoms with Gasteiger partial charge in [-0.2, -0.15) is 0 Å². The maximum absolute atomic E-state index is 13.8. The standard InChI is InChI=1S/C14H22FN3/c1-10-7-18(8-11(2)17(10)3)9-12-13(15)5-4-6-14(12)16/h4-6,10-11H,7-9,16H2,1-3H3. The molecule has 0 aromatic heterocycles. The molecule has 4 heteroatoms. The number of benzene rings is 1. The fourth-order valence-corrected chi connectivity index (χ4v) is 2.61. The minimum atomic E-state index is -0.200. The molecule has 1 aromatic rings. The average molecular weight is 251 g/mol. The van der Waals surface area contributed by atoms with E-state index in [1.165, 1.54) is 6.07 Å². The Kier molecular flexibility index (Phi) is 3.88. The van der Waals surface area contributed by atoms with Crippen LogP contribution in [0.3, 0.4) is 0 Å². The molecule has 0 amide bonds. The van der Waals surface area contributed by atoms with E-state index in [9.17, 15) is 4.39 Å². The molecule has 1 heterocycles. The summed E-state index contributed by atoms with van der Waals surface area (Å²) in [4.78, 5) is 4.64. The Balaban J connectivity index is 2.10. The summed E-state index contributed by atoms with van der Waals surface area (Å²) in [7, 11) is 2.14. The van der Waals surface area contributed by atoms with Gasteiger partial charge in [-0.15, -0.1) is 0 Å². The van der Waals surface area contributed by atoms with E-state index in [-0.39, 0.29) is 5.82 Å². The van der Waals surface area contributed by atoms with Crippen LogP contribution < -0.4 is 5.73 Å². The molecule has 1 aromatic carbocycles. The highest BCUT2D eigenvalue weighted by Crippen LogP contribution is 2.21. The van der Waals surface area contributed by atoms with Crippen LogP contribution in [0.5, 0.6) is 0 Å². The van der Waals surface area contributed by atoms with Gasteiger partial charge in [0, 0.05) is 43.0 Å². The van der Waals surface area contributed by atoms with E-state index in [0.717, 1.165) is 13.1 Å². The smallest absolute Gasteiger partial charge is 0.129 e. The number of nitrogens with zero attached hydrogens (tertiary/aromatic N) is 2. The molecule has 2 N–H and O–H groups in total. The third kappa shape index (κ3) is 2.65. The fourth-order valence-electron chi connectivity index (χ4n) is 2.61. The van der Waals surface area contributed by atoms with E-state index in [1.54, 1.807) is 12.1 Å². The minimum absolute atomic E-state index is 0.200. The maximum Gasteiger partial charge on any atom is 0.129 e. The first kappa shape index (κ1) is 13.3. The molecule has 18 heavy (non-hydrogen) atoms. The van der Waals surface area contributed by atoms with E-state index < -0.39 is 0 Å². The molecule has 0 radical (unpaired) electrons. The molecule has 100 valence electrons. The van der Waals surface area contributed by atoms with E-state index in [2.05, 4.69) is 30.7 Å². The highest BCUT2D eigenvalue weighted by molar-refractivity contribution is 5.47. The topological polar surface area (TPSA) is 32.5 Å². The van der Waals surface area contributed by atoms with Crippen molar-refractivity contribution in [2.75, 3.05) is 25.9 Å². The van der Waals surface area contributed by atoms with Gasteiger partial charge in [0.15, 0.2) is 0 Å². The first-order chi connectivity index (χ1) is 8.49. The van der Waals surface area contributed by atoms with Crippen LogP contribution in [0.2, 0.25) is 0 Å². The predicted octanol–water partition coefficient (Wildman–Crippen LogP) is 1.93. The summed E-state index contributed by atoms with van der Waals surface area (Å²) in [5, 5.41) is 0. The number of piperazine rings is 1. The Morgan fingerprint density at radius 3 is 2.44 bits per heavy atom. The number of hydrogen-bond donors (Lipinski definition) is 1. The Labute approximate surface area is 108 Å². The maximum atomic E-state index is 13.8. The Hall–Kier alpha value is -1.13. The van der Waals surface area contributed by atoms with Crippen molar-refractivity contribution in [3.05, 3.63) is 29.6 Å². The summed E-state index contributed by atoms with van der Waals surface area (Å²) in [6.45, 7) is 6.91.